The predicted octanol–water partition coefficient (Wildman–Crippen LogP) is 3.16. The third kappa shape index (κ3) is 4.19. The van der Waals surface area contributed by atoms with E-state index < -0.39 is 44.6 Å². The summed E-state index contributed by atoms with van der Waals surface area (Å²) in [5.41, 5.74) is 4.33. The molecule has 1 heterocycles. The molecule has 24 heavy (non-hydrogen) atoms. The second kappa shape index (κ2) is 7.55. The summed E-state index contributed by atoms with van der Waals surface area (Å²) in [4.78, 5) is -0.490. The molecule has 1 saturated heterocycles. The quantitative estimate of drug-likeness (QED) is 0.806. The van der Waals surface area contributed by atoms with E-state index >= 15 is 0 Å². The van der Waals surface area contributed by atoms with Crippen LogP contribution in [0.2, 0.25) is 0 Å². The van der Waals surface area contributed by atoms with Crippen LogP contribution in [-0.4, -0.2) is 31.4 Å². The van der Waals surface area contributed by atoms with Gasteiger partial charge in [-0.2, -0.15) is 17.5 Å². The number of halogens is 5. The van der Waals surface area contributed by atoms with Gasteiger partial charge in [0.05, 0.1) is 10.5 Å². The Morgan fingerprint density at radius 3 is 2.42 bits per heavy atom. The van der Waals surface area contributed by atoms with Gasteiger partial charge in [0.2, 0.25) is 10.0 Å². The molecule has 0 bridgehead atoms. The van der Waals surface area contributed by atoms with Gasteiger partial charge in [-0.25, -0.2) is 12.8 Å². The van der Waals surface area contributed by atoms with Crippen molar-refractivity contribution in [3.63, 3.8) is 0 Å². The van der Waals surface area contributed by atoms with Gasteiger partial charge in [0.15, 0.2) is 0 Å². The number of hydrogen-bond acceptors (Lipinski definition) is 3. The zero-order valence-corrected chi connectivity index (χ0v) is 14.5. The SMILES string of the molecule is CC(N)C1CCCCN1S(=O)(=O)c1ccc(C(F)(F)F)c(F)c1.Cl. The highest BCUT2D eigenvalue weighted by Gasteiger charge is 2.38. The first kappa shape index (κ1) is 21.1. The lowest BCUT2D eigenvalue weighted by Crippen LogP contribution is -2.51. The van der Waals surface area contributed by atoms with Crippen LogP contribution >= 0.6 is 12.4 Å². The zero-order valence-electron chi connectivity index (χ0n) is 12.9. The lowest BCUT2D eigenvalue weighted by molar-refractivity contribution is -0.140. The van der Waals surface area contributed by atoms with Crippen LogP contribution in [0.25, 0.3) is 0 Å². The number of nitrogens with two attached hydrogens (primary N) is 1. The van der Waals surface area contributed by atoms with Gasteiger partial charge in [-0.05, 0) is 38.0 Å². The molecule has 0 radical (unpaired) electrons. The molecule has 0 saturated carbocycles. The lowest BCUT2D eigenvalue weighted by atomic mass is 10.00. The molecule has 0 amide bonds. The van der Waals surface area contributed by atoms with E-state index in [-0.39, 0.29) is 19.0 Å². The van der Waals surface area contributed by atoms with E-state index in [0.29, 0.717) is 25.0 Å². The lowest BCUT2D eigenvalue weighted by Gasteiger charge is -2.36. The summed E-state index contributed by atoms with van der Waals surface area (Å²) in [5.74, 6) is -1.60. The average molecular weight is 391 g/mol. The maximum atomic E-state index is 13.7. The smallest absolute Gasteiger partial charge is 0.326 e. The van der Waals surface area contributed by atoms with Gasteiger partial charge in [-0.3, -0.25) is 0 Å². The van der Waals surface area contributed by atoms with E-state index in [1.54, 1.807) is 6.92 Å². The molecule has 1 aromatic carbocycles. The highest BCUT2D eigenvalue weighted by Crippen LogP contribution is 2.33. The van der Waals surface area contributed by atoms with Crippen molar-refractivity contribution in [2.45, 2.75) is 49.3 Å². The van der Waals surface area contributed by atoms with E-state index in [4.69, 9.17) is 5.73 Å². The Hall–Kier alpha value is -0.900. The molecule has 0 aromatic heterocycles. The van der Waals surface area contributed by atoms with Crippen molar-refractivity contribution >= 4 is 22.4 Å². The van der Waals surface area contributed by atoms with Crippen LogP contribution in [0.5, 0.6) is 0 Å². The van der Waals surface area contributed by atoms with Crippen LogP contribution < -0.4 is 5.73 Å². The number of hydrogen-bond donors (Lipinski definition) is 1. The Bertz CT molecular complexity index is 680. The first-order valence-electron chi connectivity index (χ1n) is 7.19. The number of alkyl halides is 3. The predicted molar refractivity (Wildman–Crippen MR) is 83.8 cm³/mol. The summed E-state index contributed by atoms with van der Waals surface area (Å²) in [6.45, 7) is 1.89. The molecule has 10 heteroatoms. The molecule has 1 fully saturated rings. The minimum absolute atomic E-state index is 0. The maximum Gasteiger partial charge on any atom is 0.419 e. The van der Waals surface area contributed by atoms with E-state index in [1.807, 2.05) is 0 Å². The molecular formula is C14H19ClF4N2O2S. The Morgan fingerprint density at radius 2 is 1.92 bits per heavy atom. The Kier molecular flexibility index (Phi) is 6.65. The molecule has 2 atom stereocenters. The summed E-state index contributed by atoms with van der Waals surface area (Å²) >= 11 is 0. The number of piperidine rings is 1. The molecule has 1 aliphatic heterocycles. The minimum Gasteiger partial charge on any atom is -0.326 e. The molecule has 2 unspecified atom stereocenters. The van der Waals surface area contributed by atoms with E-state index in [2.05, 4.69) is 0 Å². The molecule has 4 nitrogen and oxygen atoms in total. The standard InChI is InChI=1S/C14H18F4N2O2S.ClH/c1-9(19)13-4-2-3-7-20(13)23(21,22)10-5-6-11(12(15)8-10)14(16,17)18;/h5-6,8-9,13H,2-4,7,19H2,1H3;1H. The van der Waals surface area contributed by atoms with Crippen molar-refractivity contribution in [2.75, 3.05) is 6.54 Å². The Morgan fingerprint density at radius 1 is 1.29 bits per heavy atom. The molecule has 1 aromatic rings. The van der Waals surface area contributed by atoms with Crippen LogP contribution in [0.1, 0.15) is 31.7 Å². The van der Waals surface area contributed by atoms with Gasteiger partial charge in [0.1, 0.15) is 5.82 Å². The molecule has 0 spiro atoms. The minimum atomic E-state index is -4.87. The largest absolute Gasteiger partial charge is 0.419 e. The third-order valence-electron chi connectivity index (χ3n) is 3.96. The monoisotopic (exact) mass is 390 g/mol. The van der Waals surface area contributed by atoms with Gasteiger partial charge in [0, 0.05) is 18.6 Å². The van der Waals surface area contributed by atoms with Crippen LogP contribution in [-0.2, 0) is 16.2 Å². The summed E-state index contributed by atoms with van der Waals surface area (Å²) in [7, 11) is -4.09. The van der Waals surface area contributed by atoms with Crippen molar-refractivity contribution < 1.29 is 26.0 Å². The van der Waals surface area contributed by atoms with Crippen LogP contribution in [0.4, 0.5) is 17.6 Å². The highest BCUT2D eigenvalue weighted by molar-refractivity contribution is 7.89. The van der Waals surface area contributed by atoms with Crippen molar-refractivity contribution in [3.05, 3.63) is 29.6 Å². The number of benzene rings is 1. The first-order valence-corrected chi connectivity index (χ1v) is 8.63. The van der Waals surface area contributed by atoms with Crippen LogP contribution in [0, 0.1) is 5.82 Å². The van der Waals surface area contributed by atoms with Crippen molar-refractivity contribution in [2.24, 2.45) is 5.73 Å². The second-order valence-corrected chi connectivity index (χ2v) is 7.57. The topological polar surface area (TPSA) is 63.4 Å². The highest BCUT2D eigenvalue weighted by atomic mass is 35.5. The summed E-state index contributed by atoms with van der Waals surface area (Å²) in [5, 5.41) is 0. The zero-order chi connectivity index (χ0) is 17.4. The Balaban J connectivity index is 0.00000288. The fourth-order valence-electron chi connectivity index (χ4n) is 2.78. The van der Waals surface area contributed by atoms with Crippen molar-refractivity contribution in [3.8, 4) is 0 Å². The van der Waals surface area contributed by atoms with Gasteiger partial charge in [0.25, 0.3) is 0 Å². The van der Waals surface area contributed by atoms with Gasteiger partial charge >= 0.3 is 6.18 Å². The summed E-state index contributed by atoms with van der Waals surface area (Å²) in [6, 6.07) is 0.787. The van der Waals surface area contributed by atoms with Crippen LogP contribution in [0.3, 0.4) is 0 Å². The Labute approximate surface area is 144 Å². The first-order chi connectivity index (χ1) is 10.5. The van der Waals surface area contributed by atoms with Gasteiger partial charge in [-0.1, -0.05) is 6.42 Å². The van der Waals surface area contributed by atoms with E-state index in [0.717, 1.165) is 12.5 Å². The van der Waals surface area contributed by atoms with Gasteiger partial charge < -0.3 is 5.73 Å². The molecule has 138 valence electrons. The summed E-state index contributed by atoms with van der Waals surface area (Å²) < 4.78 is 77.9. The van der Waals surface area contributed by atoms with Gasteiger partial charge in [-0.15, -0.1) is 12.4 Å². The normalized spacial score (nSPS) is 21.2. The molecular weight excluding hydrogens is 372 g/mol. The fraction of sp³-hybridized carbons (Fsp3) is 0.571. The third-order valence-corrected chi connectivity index (χ3v) is 5.88. The average Bonchev–Trinajstić information content (AvgIpc) is 2.45. The number of sulfonamides is 1. The number of nitrogens with zero attached hydrogens (tertiary/aromatic N) is 1. The van der Waals surface area contributed by atoms with Crippen LogP contribution in [0.15, 0.2) is 23.1 Å². The van der Waals surface area contributed by atoms with E-state index in [1.165, 1.54) is 4.31 Å². The summed E-state index contributed by atoms with van der Waals surface area (Å²) in [6.07, 6.45) is -2.85. The van der Waals surface area contributed by atoms with Crippen molar-refractivity contribution in [1.82, 2.24) is 4.31 Å². The fourth-order valence-corrected chi connectivity index (χ4v) is 4.56. The molecule has 2 rings (SSSR count). The second-order valence-electron chi connectivity index (χ2n) is 5.68. The number of rotatable bonds is 3. The molecule has 1 aliphatic rings. The molecule has 2 N–H and O–H groups in total. The van der Waals surface area contributed by atoms with Crippen molar-refractivity contribution in [1.29, 1.82) is 0 Å². The maximum absolute atomic E-state index is 13.7. The van der Waals surface area contributed by atoms with E-state index in [9.17, 15) is 26.0 Å². The molecule has 0 aliphatic carbocycles.